The number of amides is 1. The molecule has 1 aromatic carbocycles. The van der Waals surface area contributed by atoms with Crippen LogP contribution in [-0.4, -0.2) is 29.8 Å². The second-order valence-electron chi connectivity index (χ2n) is 5.87. The predicted octanol–water partition coefficient (Wildman–Crippen LogP) is 4.48. The van der Waals surface area contributed by atoms with Crippen LogP contribution in [-0.2, 0) is 11.2 Å². The Morgan fingerprint density at radius 3 is 3.00 bits per heavy atom. The van der Waals surface area contributed by atoms with Gasteiger partial charge in [0.05, 0.1) is 10.9 Å². The van der Waals surface area contributed by atoms with Gasteiger partial charge in [0, 0.05) is 29.4 Å². The van der Waals surface area contributed by atoms with Crippen molar-refractivity contribution in [1.29, 1.82) is 0 Å². The normalized spacial score (nSPS) is 18.5. The summed E-state index contributed by atoms with van der Waals surface area (Å²) in [4.78, 5) is 14.8. The number of carbonyl (C=O) groups excluding carboxylic acids is 1. The van der Waals surface area contributed by atoms with Crippen molar-refractivity contribution in [3.63, 3.8) is 0 Å². The van der Waals surface area contributed by atoms with Crippen molar-refractivity contribution >= 4 is 40.8 Å². The number of carbonyl (C=O) groups is 1. The molecule has 24 heavy (non-hydrogen) atoms. The van der Waals surface area contributed by atoms with E-state index < -0.39 is 0 Å². The SMILES string of the molecule is O=C(NCCc1cccs1)C1CCCN(Sc2ccccc2Cl)C1. The topological polar surface area (TPSA) is 32.3 Å². The molecule has 0 spiro atoms. The van der Waals surface area contributed by atoms with Gasteiger partial charge in [-0.3, -0.25) is 4.79 Å². The van der Waals surface area contributed by atoms with Gasteiger partial charge in [-0.05, 0) is 54.8 Å². The fraction of sp³-hybridized carbons (Fsp3) is 0.389. The predicted molar refractivity (Wildman–Crippen MR) is 103 cm³/mol. The monoisotopic (exact) mass is 380 g/mol. The van der Waals surface area contributed by atoms with E-state index in [1.165, 1.54) is 4.88 Å². The Morgan fingerprint density at radius 2 is 2.21 bits per heavy atom. The van der Waals surface area contributed by atoms with Gasteiger partial charge in [0.2, 0.25) is 5.91 Å². The van der Waals surface area contributed by atoms with Crippen LogP contribution in [0.2, 0.25) is 5.02 Å². The van der Waals surface area contributed by atoms with Crippen LogP contribution in [0.15, 0.2) is 46.7 Å². The smallest absolute Gasteiger partial charge is 0.224 e. The number of rotatable bonds is 6. The van der Waals surface area contributed by atoms with Crippen LogP contribution in [0.1, 0.15) is 17.7 Å². The van der Waals surface area contributed by atoms with Gasteiger partial charge >= 0.3 is 0 Å². The molecule has 1 N–H and O–H groups in total. The van der Waals surface area contributed by atoms with Crippen LogP contribution in [0.3, 0.4) is 0 Å². The maximum absolute atomic E-state index is 12.4. The van der Waals surface area contributed by atoms with E-state index in [9.17, 15) is 4.79 Å². The van der Waals surface area contributed by atoms with E-state index in [-0.39, 0.29) is 11.8 Å². The van der Waals surface area contributed by atoms with Crippen LogP contribution in [0.4, 0.5) is 0 Å². The molecule has 1 aromatic heterocycles. The van der Waals surface area contributed by atoms with Crippen LogP contribution in [0, 0.1) is 5.92 Å². The maximum atomic E-state index is 12.4. The number of hydrogen-bond donors (Lipinski definition) is 1. The van der Waals surface area contributed by atoms with Gasteiger partial charge in [0.15, 0.2) is 0 Å². The molecule has 0 radical (unpaired) electrons. The van der Waals surface area contributed by atoms with Gasteiger partial charge in [0.1, 0.15) is 0 Å². The van der Waals surface area contributed by atoms with Crippen molar-refractivity contribution in [3.05, 3.63) is 51.7 Å². The molecule has 1 saturated heterocycles. The number of benzene rings is 1. The molecule has 2 heterocycles. The Hall–Kier alpha value is -1.01. The highest BCUT2D eigenvalue weighted by molar-refractivity contribution is 7.97. The van der Waals surface area contributed by atoms with Gasteiger partial charge in [0.25, 0.3) is 0 Å². The van der Waals surface area contributed by atoms with Crippen molar-refractivity contribution in [1.82, 2.24) is 9.62 Å². The lowest BCUT2D eigenvalue weighted by Gasteiger charge is -2.31. The second kappa shape index (κ2) is 8.90. The minimum absolute atomic E-state index is 0.0667. The molecule has 0 saturated carbocycles. The standard InChI is InChI=1S/C18H21ClN2OS2/c19-16-7-1-2-8-17(16)24-21-11-3-5-14(13-21)18(22)20-10-9-15-6-4-12-23-15/h1-2,4,6-8,12,14H,3,5,9-11,13H2,(H,20,22). The van der Waals surface area contributed by atoms with Gasteiger partial charge in [-0.25, -0.2) is 4.31 Å². The fourth-order valence-corrected chi connectivity index (χ4v) is 4.80. The Kier molecular flexibility index (Phi) is 6.60. The van der Waals surface area contributed by atoms with Crippen molar-refractivity contribution < 1.29 is 4.79 Å². The zero-order valence-corrected chi connectivity index (χ0v) is 15.8. The third kappa shape index (κ3) is 4.99. The summed E-state index contributed by atoms with van der Waals surface area (Å²) in [7, 11) is 0. The lowest BCUT2D eigenvalue weighted by Crippen LogP contribution is -2.41. The highest BCUT2D eigenvalue weighted by atomic mass is 35.5. The summed E-state index contributed by atoms with van der Waals surface area (Å²) >= 11 is 9.63. The Morgan fingerprint density at radius 1 is 1.33 bits per heavy atom. The van der Waals surface area contributed by atoms with Gasteiger partial charge in [-0.1, -0.05) is 29.8 Å². The molecule has 1 aliphatic rings. The van der Waals surface area contributed by atoms with Crippen molar-refractivity contribution in [3.8, 4) is 0 Å². The minimum atomic E-state index is 0.0667. The molecule has 0 aliphatic carbocycles. The average Bonchev–Trinajstić information content (AvgIpc) is 3.10. The molecular formula is C18H21ClN2OS2. The van der Waals surface area contributed by atoms with Gasteiger partial charge in [-0.2, -0.15) is 0 Å². The summed E-state index contributed by atoms with van der Waals surface area (Å²) in [6.45, 7) is 2.49. The van der Waals surface area contributed by atoms with Crippen molar-refractivity contribution in [2.24, 2.45) is 5.92 Å². The first-order valence-electron chi connectivity index (χ1n) is 8.20. The zero-order valence-electron chi connectivity index (χ0n) is 13.4. The van der Waals surface area contributed by atoms with Crippen molar-refractivity contribution in [2.45, 2.75) is 24.2 Å². The van der Waals surface area contributed by atoms with E-state index in [2.05, 4.69) is 21.1 Å². The summed E-state index contributed by atoms with van der Waals surface area (Å²) in [6, 6.07) is 12.0. The molecule has 1 unspecified atom stereocenters. The van der Waals surface area contributed by atoms with Crippen LogP contribution in [0.5, 0.6) is 0 Å². The third-order valence-corrected chi connectivity index (χ3v) is 6.59. The second-order valence-corrected chi connectivity index (χ2v) is 8.45. The summed E-state index contributed by atoms with van der Waals surface area (Å²) < 4.78 is 2.26. The molecule has 2 aromatic rings. The number of nitrogens with zero attached hydrogens (tertiary/aromatic N) is 1. The molecule has 1 fully saturated rings. The van der Waals surface area contributed by atoms with Crippen LogP contribution >= 0.6 is 34.9 Å². The fourth-order valence-electron chi connectivity index (χ4n) is 2.81. The van der Waals surface area contributed by atoms with E-state index in [1.54, 1.807) is 23.3 Å². The molecule has 1 atom stereocenters. The van der Waals surface area contributed by atoms with E-state index in [0.717, 1.165) is 42.3 Å². The van der Waals surface area contributed by atoms with Gasteiger partial charge < -0.3 is 5.32 Å². The summed E-state index contributed by atoms with van der Waals surface area (Å²) in [5, 5.41) is 5.93. The first kappa shape index (κ1) is 17.8. The largest absolute Gasteiger partial charge is 0.355 e. The number of halogens is 1. The first-order valence-corrected chi connectivity index (χ1v) is 10.2. The maximum Gasteiger partial charge on any atom is 0.224 e. The van der Waals surface area contributed by atoms with E-state index >= 15 is 0 Å². The molecule has 1 aliphatic heterocycles. The third-order valence-electron chi connectivity index (χ3n) is 4.07. The quantitative estimate of drug-likeness (QED) is 0.750. The summed E-state index contributed by atoms with van der Waals surface area (Å²) in [5.74, 6) is 0.244. The highest BCUT2D eigenvalue weighted by Gasteiger charge is 2.26. The number of nitrogens with one attached hydrogen (secondary N) is 1. The highest BCUT2D eigenvalue weighted by Crippen LogP contribution is 2.32. The molecule has 3 rings (SSSR count). The summed E-state index contributed by atoms with van der Waals surface area (Å²) in [6.07, 6.45) is 2.92. The Balaban J connectivity index is 1.47. The molecule has 1 amide bonds. The summed E-state index contributed by atoms with van der Waals surface area (Å²) in [5.41, 5.74) is 0. The first-order chi connectivity index (χ1) is 11.7. The van der Waals surface area contributed by atoms with Gasteiger partial charge in [-0.15, -0.1) is 11.3 Å². The van der Waals surface area contributed by atoms with Crippen LogP contribution in [0.25, 0.3) is 0 Å². The lowest BCUT2D eigenvalue weighted by molar-refractivity contribution is -0.125. The van der Waals surface area contributed by atoms with E-state index in [1.807, 2.05) is 30.3 Å². The Bertz CT molecular complexity index is 663. The molecule has 6 heteroatoms. The Labute approximate surface area is 156 Å². The molecule has 0 bridgehead atoms. The lowest BCUT2D eigenvalue weighted by atomic mass is 9.99. The number of hydrogen-bond acceptors (Lipinski definition) is 4. The average molecular weight is 381 g/mol. The van der Waals surface area contributed by atoms with Crippen LogP contribution < -0.4 is 5.32 Å². The molecular weight excluding hydrogens is 360 g/mol. The molecule has 128 valence electrons. The van der Waals surface area contributed by atoms with E-state index in [0.29, 0.717) is 6.54 Å². The molecule has 3 nitrogen and oxygen atoms in total. The minimum Gasteiger partial charge on any atom is -0.355 e. The number of thiophene rings is 1. The zero-order chi connectivity index (χ0) is 16.8. The van der Waals surface area contributed by atoms with Crippen molar-refractivity contribution in [2.75, 3.05) is 19.6 Å². The number of piperidine rings is 1. The van der Waals surface area contributed by atoms with E-state index in [4.69, 9.17) is 11.6 Å².